The average Bonchev–Trinajstić information content (AvgIpc) is 2.43. The van der Waals surface area contributed by atoms with Gasteiger partial charge in [-0.25, -0.2) is 0 Å². The Balaban J connectivity index is 3.01. The Labute approximate surface area is 127 Å². The molecule has 3 heteroatoms. The lowest BCUT2D eigenvalue weighted by Gasteiger charge is -2.02. The van der Waals surface area contributed by atoms with E-state index >= 15 is 0 Å². The average molecular weight is 303 g/mol. The van der Waals surface area contributed by atoms with Crippen LogP contribution in [0, 0.1) is 0 Å². The first kappa shape index (κ1) is 19.7. The fourth-order valence-electron chi connectivity index (χ4n) is 2.52. The molecule has 0 saturated heterocycles. The molecule has 20 heavy (non-hydrogen) atoms. The van der Waals surface area contributed by atoms with Gasteiger partial charge < -0.3 is 0 Å². The Kier molecular flexibility index (Phi) is 16.5. The molecule has 0 aromatic rings. The SMILES string of the molecule is CCCCCCCCCCCCCCCCC=S(=O)=O. The molecule has 0 atom stereocenters. The minimum atomic E-state index is -1.96. The molecule has 0 aromatic heterocycles. The molecular weight excluding hydrogens is 268 g/mol. The van der Waals surface area contributed by atoms with E-state index < -0.39 is 10.3 Å². The van der Waals surface area contributed by atoms with E-state index in [-0.39, 0.29) is 0 Å². The fourth-order valence-corrected chi connectivity index (χ4v) is 2.88. The van der Waals surface area contributed by atoms with Crippen LogP contribution in [0.15, 0.2) is 0 Å². The molecule has 0 N–H and O–H groups in total. The van der Waals surface area contributed by atoms with Crippen molar-refractivity contribution in [3.05, 3.63) is 0 Å². The van der Waals surface area contributed by atoms with Crippen molar-refractivity contribution in [3.8, 4) is 0 Å². The zero-order valence-electron chi connectivity index (χ0n) is 13.4. The van der Waals surface area contributed by atoms with Gasteiger partial charge in [-0.1, -0.05) is 90.4 Å². The van der Waals surface area contributed by atoms with E-state index in [0.29, 0.717) is 6.42 Å². The summed E-state index contributed by atoms with van der Waals surface area (Å²) in [6.45, 7) is 2.27. The maximum Gasteiger partial charge on any atom is 0.209 e. The zero-order chi connectivity index (χ0) is 14.9. The first-order valence-corrected chi connectivity index (χ1v) is 9.82. The minimum absolute atomic E-state index is 0.716. The number of hydrogen-bond acceptors (Lipinski definition) is 2. The smallest absolute Gasteiger partial charge is 0.185 e. The van der Waals surface area contributed by atoms with Crippen molar-refractivity contribution in [1.82, 2.24) is 0 Å². The van der Waals surface area contributed by atoms with Crippen LogP contribution in [-0.4, -0.2) is 13.8 Å². The van der Waals surface area contributed by atoms with E-state index in [2.05, 4.69) is 6.92 Å². The van der Waals surface area contributed by atoms with Gasteiger partial charge in [0.1, 0.15) is 0 Å². The van der Waals surface area contributed by atoms with Crippen LogP contribution in [0.1, 0.15) is 103 Å². The summed E-state index contributed by atoms with van der Waals surface area (Å²) in [6.07, 6.45) is 19.5. The monoisotopic (exact) mass is 302 g/mol. The van der Waals surface area contributed by atoms with Crippen LogP contribution >= 0.6 is 0 Å². The predicted octanol–water partition coefficient (Wildman–Crippen LogP) is 5.54. The Morgan fingerprint density at radius 3 is 1.30 bits per heavy atom. The van der Waals surface area contributed by atoms with Gasteiger partial charge >= 0.3 is 0 Å². The largest absolute Gasteiger partial charge is 0.209 e. The van der Waals surface area contributed by atoms with Crippen LogP contribution in [0.5, 0.6) is 0 Å². The van der Waals surface area contributed by atoms with Gasteiger partial charge in [-0.2, -0.15) is 8.42 Å². The third-order valence-corrected chi connectivity index (χ3v) is 4.32. The number of unbranched alkanes of at least 4 members (excludes halogenated alkanes) is 14. The predicted molar refractivity (Wildman–Crippen MR) is 89.9 cm³/mol. The van der Waals surface area contributed by atoms with Crippen LogP contribution in [0.3, 0.4) is 0 Å². The summed E-state index contributed by atoms with van der Waals surface area (Å²) in [4.78, 5) is 0. The molecule has 0 bridgehead atoms. The number of rotatable bonds is 15. The second-order valence-corrected chi connectivity index (χ2v) is 6.67. The van der Waals surface area contributed by atoms with Crippen LogP contribution in [0.25, 0.3) is 0 Å². The summed E-state index contributed by atoms with van der Waals surface area (Å²) in [5.41, 5.74) is 0. The minimum Gasteiger partial charge on any atom is -0.185 e. The van der Waals surface area contributed by atoms with Gasteiger partial charge in [0.05, 0.1) is 0 Å². The Hall–Kier alpha value is -0.310. The highest BCUT2D eigenvalue weighted by atomic mass is 32.2. The third-order valence-electron chi connectivity index (χ3n) is 3.81. The van der Waals surface area contributed by atoms with Crippen LogP contribution < -0.4 is 0 Å². The molecule has 0 aliphatic heterocycles. The van der Waals surface area contributed by atoms with Crippen molar-refractivity contribution in [3.63, 3.8) is 0 Å². The van der Waals surface area contributed by atoms with E-state index in [1.165, 1.54) is 88.8 Å². The van der Waals surface area contributed by atoms with Gasteiger partial charge in [-0.3, -0.25) is 0 Å². The molecule has 120 valence electrons. The molecule has 0 heterocycles. The Morgan fingerprint density at radius 2 is 0.950 bits per heavy atom. The molecule has 0 aliphatic carbocycles. The second kappa shape index (κ2) is 16.7. The second-order valence-electron chi connectivity index (χ2n) is 5.81. The summed E-state index contributed by atoms with van der Waals surface area (Å²) >= 11 is 0. The van der Waals surface area contributed by atoms with Crippen molar-refractivity contribution >= 4 is 15.7 Å². The van der Waals surface area contributed by atoms with E-state index in [1.54, 1.807) is 0 Å². The van der Waals surface area contributed by atoms with Crippen LogP contribution in [0.2, 0.25) is 0 Å². The Bertz CT molecular complexity index is 299. The number of hydrogen-bond donors (Lipinski definition) is 0. The van der Waals surface area contributed by atoms with Crippen molar-refractivity contribution in [2.24, 2.45) is 0 Å². The molecule has 0 radical (unpaired) electrons. The molecule has 0 unspecified atom stereocenters. The molecule has 2 nitrogen and oxygen atoms in total. The summed E-state index contributed by atoms with van der Waals surface area (Å²) < 4.78 is 20.6. The highest BCUT2D eigenvalue weighted by Crippen LogP contribution is 2.13. The van der Waals surface area contributed by atoms with Gasteiger partial charge in [0, 0.05) is 5.37 Å². The highest BCUT2D eigenvalue weighted by Gasteiger charge is 1.93. The lowest BCUT2D eigenvalue weighted by Crippen LogP contribution is -1.84. The van der Waals surface area contributed by atoms with Gasteiger partial charge in [0.25, 0.3) is 0 Å². The lowest BCUT2D eigenvalue weighted by molar-refractivity contribution is 0.537. The highest BCUT2D eigenvalue weighted by molar-refractivity contribution is 7.71. The van der Waals surface area contributed by atoms with Gasteiger partial charge in [0.15, 0.2) is 0 Å². The molecule has 0 rings (SSSR count). The van der Waals surface area contributed by atoms with Gasteiger partial charge in [-0.05, 0) is 12.8 Å². The van der Waals surface area contributed by atoms with Crippen molar-refractivity contribution in [1.29, 1.82) is 0 Å². The molecular formula is C17H34O2S. The standard InChI is InChI=1S/C17H34O2S/c1-2-3-4-5-6-7-8-9-10-11-12-13-14-15-16-17-20(18)19/h17H,2-16H2,1H3. The molecule has 0 saturated carbocycles. The summed E-state index contributed by atoms with van der Waals surface area (Å²) in [5.74, 6) is 0. The van der Waals surface area contributed by atoms with Crippen molar-refractivity contribution < 1.29 is 8.42 Å². The van der Waals surface area contributed by atoms with Crippen molar-refractivity contribution in [2.45, 2.75) is 103 Å². The quantitative estimate of drug-likeness (QED) is 0.294. The van der Waals surface area contributed by atoms with E-state index in [1.807, 2.05) is 0 Å². The molecule has 0 amide bonds. The molecule has 0 fully saturated rings. The van der Waals surface area contributed by atoms with Gasteiger partial charge in [0.2, 0.25) is 10.3 Å². The first-order chi connectivity index (χ1) is 9.77. The fraction of sp³-hybridized carbons (Fsp3) is 0.941. The molecule has 0 aromatic carbocycles. The molecule has 0 aliphatic rings. The topological polar surface area (TPSA) is 34.1 Å². The molecule has 0 spiro atoms. The maximum absolute atomic E-state index is 10.3. The van der Waals surface area contributed by atoms with Gasteiger partial charge in [-0.15, -0.1) is 0 Å². The summed E-state index contributed by atoms with van der Waals surface area (Å²) in [7, 11) is -1.96. The zero-order valence-corrected chi connectivity index (χ0v) is 14.2. The van der Waals surface area contributed by atoms with E-state index in [4.69, 9.17) is 0 Å². The van der Waals surface area contributed by atoms with E-state index in [0.717, 1.165) is 6.42 Å². The van der Waals surface area contributed by atoms with Crippen LogP contribution in [0.4, 0.5) is 0 Å². The first-order valence-electron chi connectivity index (χ1n) is 8.68. The third kappa shape index (κ3) is 17.7. The normalized spacial score (nSPS) is 10.7. The van der Waals surface area contributed by atoms with E-state index in [9.17, 15) is 8.42 Å². The maximum atomic E-state index is 10.3. The van der Waals surface area contributed by atoms with Crippen molar-refractivity contribution in [2.75, 3.05) is 0 Å². The van der Waals surface area contributed by atoms with Crippen LogP contribution in [-0.2, 0) is 10.3 Å². The lowest BCUT2D eigenvalue weighted by atomic mass is 10.0. The Morgan fingerprint density at radius 1 is 0.600 bits per heavy atom. The summed E-state index contributed by atoms with van der Waals surface area (Å²) in [5, 5.41) is 1.38. The summed E-state index contributed by atoms with van der Waals surface area (Å²) in [6, 6.07) is 0.